The molecule has 3 heterocycles. The highest BCUT2D eigenvalue weighted by Gasteiger charge is 2.23. The molecule has 4 rings (SSSR count). The molecule has 1 unspecified atom stereocenters. The summed E-state index contributed by atoms with van der Waals surface area (Å²) >= 11 is 2.41. The van der Waals surface area contributed by atoms with Crippen molar-refractivity contribution >= 4 is 45.5 Å². The molecule has 2 aromatic heterocycles. The molecule has 0 aliphatic carbocycles. The summed E-state index contributed by atoms with van der Waals surface area (Å²) in [7, 11) is 0. The minimum atomic E-state index is -1.06. The molecular formula is C21H18N2O6S2. The number of rotatable bonds is 6. The molecule has 3 N–H and O–H groups in total. The predicted molar refractivity (Wildman–Crippen MR) is 117 cm³/mol. The van der Waals surface area contributed by atoms with Crippen LogP contribution in [0.3, 0.4) is 0 Å². The lowest BCUT2D eigenvalue weighted by molar-refractivity contribution is -0.123. The van der Waals surface area contributed by atoms with E-state index in [9.17, 15) is 14.4 Å². The topological polar surface area (TPSA) is 117 Å². The first-order valence-electron chi connectivity index (χ1n) is 9.31. The number of amides is 2. The highest BCUT2D eigenvalue weighted by Crippen LogP contribution is 2.37. The fourth-order valence-corrected chi connectivity index (χ4v) is 4.57. The highest BCUT2D eigenvalue weighted by atomic mass is 32.1. The number of nitrogens with one attached hydrogen (secondary N) is 1. The molecule has 0 radical (unpaired) electrons. The van der Waals surface area contributed by atoms with Crippen molar-refractivity contribution in [2.45, 2.75) is 13.0 Å². The van der Waals surface area contributed by atoms with Gasteiger partial charge in [0.2, 0.25) is 0 Å². The molecule has 31 heavy (non-hydrogen) atoms. The third-order valence-electron chi connectivity index (χ3n) is 4.45. The first-order valence-corrected chi connectivity index (χ1v) is 11.0. The van der Waals surface area contributed by atoms with Gasteiger partial charge in [-0.15, -0.1) is 22.7 Å². The van der Waals surface area contributed by atoms with Crippen molar-refractivity contribution in [3.63, 3.8) is 0 Å². The summed E-state index contributed by atoms with van der Waals surface area (Å²) in [6, 6.07) is 10.6. The van der Waals surface area contributed by atoms with Crippen molar-refractivity contribution in [2.75, 3.05) is 18.5 Å². The lowest BCUT2D eigenvalue weighted by atomic mass is 10.1. The van der Waals surface area contributed by atoms with Crippen molar-refractivity contribution < 1.29 is 28.6 Å². The van der Waals surface area contributed by atoms with E-state index in [4.69, 9.17) is 19.9 Å². The molecule has 1 aromatic carbocycles. The second-order valence-electron chi connectivity index (χ2n) is 6.59. The predicted octanol–water partition coefficient (Wildman–Crippen LogP) is 3.53. The first-order chi connectivity index (χ1) is 14.9. The van der Waals surface area contributed by atoms with Crippen LogP contribution in [0.2, 0.25) is 0 Å². The molecular weight excluding hydrogens is 440 g/mol. The van der Waals surface area contributed by atoms with Gasteiger partial charge in [-0.25, -0.2) is 4.79 Å². The maximum Gasteiger partial charge on any atom is 0.349 e. The van der Waals surface area contributed by atoms with Crippen LogP contribution in [0.4, 0.5) is 5.00 Å². The molecule has 160 valence electrons. The Bertz CT molecular complexity index is 1150. The number of carbonyl (C=O) groups excluding carboxylic acids is 3. The van der Waals surface area contributed by atoms with Gasteiger partial charge in [-0.1, -0.05) is 0 Å². The van der Waals surface area contributed by atoms with Gasteiger partial charge in [0.25, 0.3) is 11.8 Å². The quantitative estimate of drug-likeness (QED) is 0.546. The highest BCUT2D eigenvalue weighted by molar-refractivity contribution is 7.17. The Kier molecular flexibility index (Phi) is 5.92. The van der Waals surface area contributed by atoms with E-state index in [0.717, 1.165) is 21.8 Å². The van der Waals surface area contributed by atoms with E-state index in [-0.39, 0.29) is 5.56 Å². The molecule has 8 nitrogen and oxygen atoms in total. The van der Waals surface area contributed by atoms with E-state index in [1.807, 2.05) is 24.3 Å². The number of anilines is 1. The molecule has 0 spiro atoms. The number of esters is 1. The van der Waals surface area contributed by atoms with Crippen LogP contribution in [0.15, 0.2) is 41.8 Å². The number of thiophene rings is 2. The number of hydrogen-bond acceptors (Lipinski definition) is 8. The summed E-state index contributed by atoms with van der Waals surface area (Å²) in [5, 5.41) is 4.52. The molecule has 1 aliphatic rings. The second-order valence-corrected chi connectivity index (χ2v) is 8.59. The summed E-state index contributed by atoms with van der Waals surface area (Å²) in [5.74, 6) is -0.460. The lowest BCUT2D eigenvalue weighted by Crippen LogP contribution is -2.30. The van der Waals surface area contributed by atoms with Gasteiger partial charge in [-0.2, -0.15) is 0 Å². The third-order valence-corrected chi connectivity index (χ3v) is 6.40. The molecule has 0 saturated carbocycles. The molecule has 1 atom stereocenters. The van der Waals surface area contributed by atoms with Gasteiger partial charge in [-0.3, -0.25) is 9.59 Å². The number of hydrogen-bond donors (Lipinski definition) is 2. The summed E-state index contributed by atoms with van der Waals surface area (Å²) in [4.78, 5) is 37.5. The Morgan fingerprint density at radius 2 is 1.87 bits per heavy atom. The summed E-state index contributed by atoms with van der Waals surface area (Å²) < 4.78 is 16.4. The smallest absolute Gasteiger partial charge is 0.349 e. The zero-order chi connectivity index (χ0) is 22.0. The van der Waals surface area contributed by atoms with Crippen LogP contribution in [0.25, 0.3) is 10.4 Å². The van der Waals surface area contributed by atoms with E-state index in [2.05, 4.69) is 5.32 Å². The monoisotopic (exact) mass is 458 g/mol. The third kappa shape index (κ3) is 4.54. The van der Waals surface area contributed by atoms with E-state index in [1.54, 1.807) is 11.4 Å². The fraction of sp³-hybridized carbons (Fsp3) is 0.190. The van der Waals surface area contributed by atoms with Gasteiger partial charge in [0.1, 0.15) is 23.1 Å². The second kappa shape index (κ2) is 8.78. The maximum atomic E-state index is 12.5. The number of primary amides is 1. The SMILES string of the molecule is CC(OC(=O)c1ccc(-c2ccc3c(c2)OCCO3)s1)C(=O)Nc1sccc1C(N)=O. The van der Waals surface area contributed by atoms with E-state index in [1.165, 1.54) is 24.3 Å². The Morgan fingerprint density at radius 3 is 2.65 bits per heavy atom. The van der Waals surface area contributed by atoms with E-state index < -0.39 is 23.9 Å². The Morgan fingerprint density at radius 1 is 1.10 bits per heavy atom. The van der Waals surface area contributed by atoms with Crippen molar-refractivity contribution in [1.82, 2.24) is 0 Å². The number of fused-ring (bicyclic) bond motifs is 1. The van der Waals surface area contributed by atoms with E-state index in [0.29, 0.717) is 34.6 Å². The Hall–Kier alpha value is -3.37. The molecule has 0 saturated heterocycles. The Balaban J connectivity index is 1.41. The minimum Gasteiger partial charge on any atom is -0.486 e. The largest absolute Gasteiger partial charge is 0.486 e. The minimum absolute atomic E-state index is 0.208. The van der Waals surface area contributed by atoms with Crippen molar-refractivity contribution in [2.24, 2.45) is 5.73 Å². The van der Waals surface area contributed by atoms with Crippen LogP contribution in [-0.4, -0.2) is 37.1 Å². The van der Waals surface area contributed by atoms with Crippen LogP contribution in [0.1, 0.15) is 27.0 Å². The van der Waals surface area contributed by atoms with Gasteiger partial charge in [0.15, 0.2) is 17.6 Å². The zero-order valence-electron chi connectivity index (χ0n) is 16.4. The van der Waals surface area contributed by atoms with Gasteiger partial charge < -0.3 is 25.3 Å². The van der Waals surface area contributed by atoms with Gasteiger partial charge in [0, 0.05) is 4.88 Å². The van der Waals surface area contributed by atoms with Crippen molar-refractivity contribution in [3.8, 4) is 21.9 Å². The van der Waals surface area contributed by atoms with Gasteiger partial charge in [0.05, 0.1) is 5.56 Å². The van der Waals surface area contributed by atoms with Crippen LogP contribution >= 0.6 is 22.7 Å². The number of ether oxygens (including phenoxy) is 3. The molecule has 10 heteroatoms. The maximum absolute atomic E-state index is 12.5. The average Bonchev–Trinajstić information content (AvgIpc) is 3.43. The number of benzene rings is 1. The fourth-order valence-electron chi connectivity index (χ4n) is 2.89. The lowest BCUT2D eigenvalue weighted by Gasteiger charge is -2.18. The first kappa shape index (κ1) is 20.9. The molecule has 0 bridgehead atoms. The molecule has 2 amide bonds. The van der Waals surface area contributed by atoms with E-state index >= 15 is 0 Å². The summed E-state index contributed by atoms with van der Waals surface area (Å²) in [6.07, 6.45) is -1.06. The van der Waals surface area contributed by atoms with Crippen molar-refractivity contribution in [1.29, 1.82) is 0 Å². The van der Waals surface area contributed by atoms with Crippen LogP contribution in [0, 0.1) is 0 Å². The number of nitrogens with two attached hydrogens (primary N) is 1. The van der Waals surface area contributed by atoms with Gasteiger partial charge >= 0.3 is 5.97 Å². The summed E-state index contributed by atoms with van der Waals surface area (Å²) in [5.41, 5.74) is 6.37. The molecule has 3 aromatic rings. The molecule has 1 aliphatic heterocycles. The van der Waals surface area contributed by atoms with Gasteiger partial charge in [-0.05, 0) is 54.3 Å². The number of carbonyl (C=O) groups is 3. The van der Waals surface area contributed by atoms with Crippen LogP contribution in [0.5, 0.6) is 11.5 Å². The van der Waals surface area contributed by atoms with Crippen molar-refractivity contribution in [3.05, 3.63) is 52.2 Å². The normalized spacial score (nSPS) is 13.3. The molecule has 0 fully saturated rings. The Labute approximate surface area is 185 Å². The zero-order valence-corrected chi connectivity index (χ0v) is 18.0. The average molecular weight is 459 g/mol. The van der Waals surface area contributed by atoms with Crippen LogP contribution in [-0.2, 0) is 9.53 Å². The summed E-state index contributed by atoms with van der Waals surface area (Å²) in [6.45, 7) is 2.47. The van der Waals surface area contributed by atoms with Crippen LogP contribution < -0.4 is 20.5 Å². The standard InChI is InChI=1S/C21H18N2O6S2/c1-11(19(25)23-20-13(18(22)24)6-9-30-20)29-21(26)17-5-4-16(31-17)12-2-3-14-15(10-12)28-8-7-27-14/h2-6,9-11H,7-8H2,1H3,(H2,22,24)(H,23,25).